The molecule has 0 saturated carbocycles. The van der Waals surface area contributed by atoms with E-state index in [-0.39, 0.29) is 23.3 Å². The Balaban J connectivity index is 1.93. The maximum Gasteiger partial charge on any atom is 0.416 e. The molecule has 0 saturated heterocycles. The average molecular weight is 349 g/mol. The number of para-hydroxylation sites is 2. The first-order valence-corrected chi connectivity index (χ1v) is 7.35. The van der Waals surface area contributed by atoms with Gasteiger partial charge in [0.25, 0.3) is 5.56 Å². The van der Waals surface area contributed by atoms with Gasteiger partial charge in [-0.25, -0.2) is 4.98 Å². The van der Waals surface area contributed by atoms with Gasteiger partial charge < -0.3 is 15.0 Å². The largest absolute Gasteiger partial charge is 0.495 e. The van der Waals surface area contributed by atoms with E-state index < -0.39 is 17.3 Å². The number of hydrogen-bond donors (Lipinski definition) is 2. The van der Waals surface area contributed by atoms with Crippen molar-refractivity contribution in [3.63, 3.8) is 0 Å². The fourth-order valence-corrected chi connectivity index (χ4v) is 2.42. The molecule has 0 amide bonds. The molecule has 8 heteroatoms. The number of halogens is 3. The molecule has 25 heavy (non-hydrogen) atoms. The lowest BCUT2D eigenvalue weighted by Crippen LogP contribution is -2.15. The third kappa shape index (κ3) is 3.57. The van der Waals surface area contributed by atoms with Crippen molar-refractivity contribution >= 4 is 16.6 Å². The summed E-state index contributed by atoms with van der Waals surface area (Å²) < 4.78 is 43.7. The van der Waals surface area contributed by atoms with E-state index in [1.807, 2.05) is 0 Å². The van der Waals surface area contributed by atoms with Crippen LogP contribution in [0.4, 0.5) is 18.9 Å². The topological polar surface area (TPSA) is 67.0 Å². The maximum atomic E-state index is 12.8. The van der Waals surface area contributed by atoms with E-state index in [9.17, 15) is 18.0 Å². The Morgan fingerprint density at radius 3 is 2.68 bits per heavy atom. The van der Waals surface area contributed by atoms with E-state index in [0.717, 1.165) is 18.2 Å². The summed E-state index contributed by atoms with van der Waals surface area (Å²) in [7, 11) is 1.52. The normalized spacial score (nSPS) is 11.5. The van der Waals surface area contributed by atoms with E-state index in [0.29, 0.717) is 11.4 Å². The lowest BCUT2D eigenvalue weighted by Gasteiger charge is -2.11. The summed E-state index contributed by atoms with van der Waals surface area (Å²) in [5.41, 5.74) is -0.663. The lowest BCUT2D eigenvalue weighted by atomic mass is 10.1. The Kier molecular flexibility index (Phi) is 4.35. The molecule has 0 aliphatic heterocycles. The molecule has 0 spiro atoms. The molecule has 0 fully saturated rings. The van der Waals surface area contributed by atoms with Crippen molar-refractivity contribution in [2.75, 3.05) is 12.4 Å². The first-order valence-electron chi connectivity index (χ1n) is 7.35. The van der Waals surface area contributed by atoms with Crippen molar-refractivity contribution in [2.45, 2.75) is 12.7 Å². The van der Waals surface area contributed by atoms with Gasteiger partial charge in [-0.2, -0.15) is 13.2 Å². The van der Waals surface area contributed by atoms with Gasteiger partial charge in [0.05, 0.1) is 35.8 Å². The number of hydrogen-bond acceptors (Lipinski definition) is 4. The third-order valence-electron chi connectivity index (χ3n) is 3.64. The molecule has 2 aromatic carbocycles. The highest BCUT2D eigenvalue weighted by Gasteiger charge is 2.30. The molecule has 0 radical (unpaired) electrons. The highest BCUT2D eigenvalue weighted by Crippen LogP contribution is 2.30. The number of aromatic nitrogens is 2. The fourth-order valence-electron chi connectivity index (χ4n) is 2.42. The smallest absolute Gasteiger partial charge is 0.416 e. The second kappa shape index (κ2) is 6.46. The van der Waals surface area contributed by atoms with Gasteiger partial charge in [0.2, 0.25) is 0 Å². The van der Waals surface area contributed by atoms with Gasteiger partial charge in [0, 0.05) is 0 Å². The van der Waals surface area contributed by atoms with Crippen molar-refractivity contribution < 1.29 is 17.9 Å². The molecule has 0 atom stereocenters. The Hall–Kier alpha value is -3.03. The second-order valence-corrected chi connectivity index (χ2v) is 5.30. The van der Waals surface area contributed by atoms with Gasteiger partial charge in [-0.15, -0.1) is 0 Å². The molecule has 1 heterocycles. The fraction of sp³-hybridized carbons (Fsp3) is 0.176. The van der Waals surface area contributed by atoms with Crippen molar-refractivity contribution in [3.8, 4) is 5.75 Å². The van der Waals surface area contributed by atoms with E-state index >= 15 is 0 Å². The number of rotatable bonds is 4. The number of benzene rings is 2. The number of aromatic amines is 1. The molecule has 2 N–H and O–H groups in total. The highest BCUT2D eigenvalue weighted by molar-refractivity contribution is 5.78. The van der Waals surface area contributed by atoms with Gasteiger partial charge in [-0.05, 0) is 30.3 Å². The molecular formula is C17H14F3N3O2. The van der Waals surface area contributed by atoms with Crippen LogP contribution in [0.15, 0.2) is 47.3 Å². The van der Waals surface area contributed by atoms with Crippen LogP contribution in [0.25, 0.3) is 10.9 Å². The first kappa shape index (κ1) is 16.8. The van der Waals surface area contributed by atoms with Crippen LogP contribution in [0.5, 0.6) is 5.75 Å². The van der Waals surface area contributed by atoms with Crippen LogP contribution >= 0.6 is 0 Å². The van der Waals surface area contributed by atoms with Crippen molar-refractivity contribution in [1.29, 1.82) is 0 Å². The molecule has 0 bridgehead atoms. The predicted octanol–water partition coefficient (Wildman–Crippen LogP) is 3.56. The Morgan fingerprint density at radius 1 is 1.20 bits per heavy atom. The summed E-state index contributed by atoms with van der Waals surface area (Å²) in [6, 6.07) is 10.0. The van der Waals surface area contributed by atoms with Crippen molar-refractivity contribution in [3.05, 3.63) is 64.2 Å². The minimum absolute atomic E-state index is 0.00426. The van der Waals surface area contributed by atoms with Crippen LogP contribution in [-0.4, -0.2) is 17.1 Å². The Bertz CT molecular complexity index is 967. The van der Waals surface area contributed by atoms with Gasteiger partial charge >= 0.3 is 6.18 Å². The zero-order chi connectivity index (χ0) is 18.0. The molecule has 3 rings (SSSR count). The van der Waals surface area contributed by atoms with Gasteiger partial charge in [-0.1, -0.05) is 12.1 Å². The van der Waals surface area contributed by atoms with Gasteiger partial charge in [-0.3, -0.25) is 4.79 Å². The highest BCUT2D eigenvalue weighted by atomic mass is 19.4. The molecule has 1 aromatic heterocycles. The molecule has 5 nitrogen and oxygen atoms in total. The number of ether oxygens (including phenoxy) is 1. The van der Waals surface area contributed by atoms with Crippen molar-refractivity contribution in [2.24, 2.45) is 0 Å². The van der Waals surface area contributed by atoms with Crippen LogP contribution in [0.1, 0.15) is 11.4 Å². The van der Waals surface area contributed by atoms with Crippen LogP contribution in [0.3, 0.4) is 0 Å². The molecule has 0 aliphatic carbocycles. The average Bonchev–Trinajstić information content (AvgIpc) is 2.59. The van der Waals surface area contributed by atoms with Crippen molar-refractivity contribution in [1.82, 2.24) is 9.97 Å². The zero-order valence-electron chi connectivity index (χ0n) is 13.1. The third-order valence-corrected chi connectivity index (χ3v) is 3.64. The quantitative estimate of drug-likeness (QED) is 0.756. The molecule has 3 aromatic rings. The minimum atomic E-state index is -4.49. The summed E-state index contributed by atoms with van der Waals surface area (Å²) in [4.78, 5) is 18.8. The summed E-state index contributed by atoms with van der Waals surface area (Å²) in [6.07, 6.45) is -4.49. The van der Waals surface area contributed by atoms with Crippen LogP contribution in [0.2, 0.25) is 0 Å². The standard InChI is InChI=1S/C17H14F3N3O2/c1-25-14-5-3-2-4-12(14)21-9-15-22-13-8-10(17(18,19)20)6-7-11(13)16(24)23-15/h2-8,21H,9H2,1H3,(H,22,23,24). The molecular weight excluding hydrogens is 335 g/mol. The summed E-state index contributed by atoms with van der Waals surface area (Å²) in [6.45, 7) is 0.127. The monoisotopic (exact) mass is 349 g/mol. The number of nitrogens with zero attached hydrogens (tertiary/aromatic N) is 1. The molecule has 130 valence electrons. The van der Waals surface area contributed by atoms with E-state index in [1.54, 1.807) is 24.3 Å². The Labute approximate surface area is 140 Å². The minimum Gasteiger partial charge on any atom is -0.495 e. The SMILES string of the molecule is COc1ccccc1NCc1nc2cc(C(F)(F)F)ccc2c(=O)[nH]1. The molecule has 0 aliphatic rings. The number of nitrogens with one attached hydrogen (secondary N) is 2. The first-order chi connectivity index (χ1) is 11.9. The van der Waals surface area contributed by atoms with E-state index in [4.69, 9.17) is 4.74 Å². The zero-order valence-corrected chi connectivity index (χ0v) is 13.1. The lowest BCUT2D eigenvalue weighted by molar-refractivity contribution is -0.137. The Morgan fingerprint density at radius 2 is 1.96 bits per heavy atom. The van der Waals surface area contributed by atoms with Crippen LogP contribution in [-0.2, 0) is 12.7 Å². The van der Waals surface area contributed by atoms with Crippen LogP contribution < -0.4 is 15.6 Å². The van der Waals surface area contributed by atoms with E-state index in [2.05, 4.69) is 15.3 Å². The number of alkyl halides is 3. The second-order valence-electron chi connectivity index (χ2n) is 5.30. The van der Waals surface area contributed by atoms with E-state index in [1.165, 1.54) is 7.11 Å². The van der Waals surface area contributed by atoms with Gasteiger partial charge in [0.1, 0.15) is 11.6 Å². The maximum absolute atomic E-state index is 12.8. The summed E-state index contributed by atoms with van der Waals surface area (Å²) in [5, 5.41) is 3.14. The number of methoxy groups -OCH3 is 1. The number of fused-ring (bicyclic) bond motifs is 1. The van der Waals surface area contributed by atoms with Gasteiger partial charge in [0.15, 0.2) is 0 Å². The van der Waals surface area contributed by atoms with Crippen LogP contribution in [0, 0.1) is 0 Å². The number of H-pyrrole nitrogens is 1. The summed E-state index contributed by atoms with van der Waals surface area (Å²) >= 11 is 0. The molecule has 0 unspecified atom stereocenters. The predicted molar refractivity (Wildman–Crippen MR) is 87.7 cm³/mol. The summed E-state index contributed by atoms with van der Waals surface area (Å²) in [5.74, 6) is 0.827. The number of anilines is 1.